The second-order valence-electron chi connectivity index (χ2n) is 3.98. The number of rotatable bonds is 7. The molecule has 0 bridgehead atoms. The van der Waals surface area contributed by atoms with Gasteiger partial charge in [-0.3, -0.25) is 4.79 Å². The summed E-state index contributed by atoms with van der Waals surface area (Å²) >= 11 is 2.77. The number of nitrogens with zero attached hydrogens (tertiary/aromatic N) is 2. The number of hydrogen-bond donors (Lipinski definition) is 2. The molecule has 0 saturated heterocycles. The van der Waals surface area contributed by atoms with Crippen LogP contribution in [0.5, 0.6) is 0 Å². The summed E-state index contributed by atoms with van der Waals surface area (Å²) in [5.74, 6) is 2.54. The fraction of sp³-hybridized carbons (Fsp3) is 0.214. The highest BCUT2D eigenvalue weighted by Crippen LogP contribution is 2.25. The summed E-state index contributed by atoms with van der Waals surface area (Å²) in [5, 5.41) is 14.6. The molecule has 21 heavy (non-hydrogen) atoms. The summed E-state index contributed by atoms with van der Waals surface area (Å²) in [5.41, 5.74) is 1.18. The molecule has 0 aliphatic carbocycles. The standard InChI is InChI=1S/C14H14N4OS2/c1-2-8-15-12(19)10-20-14-18-17-13(21-14)16-9-11-6-4-3-5-7-11/h1,3-7H,8-10H2,(H,15,19)(H,16,17). The first-order valence-electron chi connectivity index (χ1n) is 6.22. The van der Waals surface area contributed by atoms with Gasteiger partial charge in [-0.15, -0.1) is 16.6 Å². The van der Waals surface area contributed by atoms with Crippen molar-refractivity contribution >= 4 is 34.1 Å². The first-order chi connectivity index (χ1) is 10.3. The largest absolute Gasteiger partial charge is 0.356 e. The van der Waals surface area contributed by atoms with Crippen LogP contribution in [0.2, 0.25) is 0 Å². The molecule has 7 heteroatoms. The number of hydrogen-bond acceptors (Lipinski definition) is 6. The van der Waals surface area contributed by atoms with Gasteiger partial charge in [-0.05, 0) is 5.56 Å². The molecule has 0 fully saturated rings. The van der Waals surface area contributed by atoms with Gasteiger partial charge in [0.05, 0.1) is 12.3 Å². The second kappa shape index (κ2) is 8.29. The first-order valence-corrected chi connectivity index (χ1v) is 8.02. The maximum absolute atomic E-state index is 11.4. The van der Waals surface area contributed by atoms with Gasteiger partial charge >= 0.3 is 0 Å². The molecule has 1 aromatic heterocycles. The van der Waals surface area contributed by atoms with Crippen LogP contribution in [0.3, 0.4) is 0 Å². The number of nitrogens with one attached hydrogen (secondary N) is 2. The molecule has 1 amide bonds. The van der Waals surface area contributed by atoms with Crippen molar-refractivity contribution in [2.45, 2.75) is 10.9 Å². The number of anilines is 1. The Morgan fingerprint density at radius 1 is 1.33 bits per heavy atom. The van der Waals surface area contributed by atoms with Crippen molar-refractivity contribution in [3.05, 3.63) is 35.9 Å². The van der Waals surface area contributed by atoms with Gasteiger partial charge in [-0.2, -0.15) is 0 Å². The minimum absolute atomic E-state index is 0.105. The van der Waals surface area contributed by atoms with Gasteiger partial charge < -0.3 is 10.6 Å². The minimum Gasteiger partial charge on any atom is -0.356 e. The Balaban J connectivity index is 1.76. The van der Waals surface area contributed by atoms with E-state index in [-0.39, 0.29) is 18.2 Å². The van der Waals surface area contributed by atoms with Crippen molar-refractivity contribution in [2.75, 3.05) is 17.6 Å². The van der Waals surface area contributed by atoms with Gasteiger partial charge in [0.2, 0.25) is 11.0 Å². The molecule has 0 aliphatic rings. The number of carbonyl (C=O) groups excluding carboxylic acids is 1. The molecule has 0 saturated carbocycles. The topological polar surface area (TPSA) is 66.9 Å². The fourth-order valence-corrected chi connectivity index (χ4v) is 3.02. The molecule has 0 unspecified atom stereocenters. The zero-order chi connectivity index (χ0) is 14.9. The molecule has 0 spiro atoms. The van der Waals surface area contributed by atoms with Crippen molar-refractivity contribution in [3.63, 3.8) is 0 Å². The van der Waals surface area contributed by atoms with Crippen LogP contribution in [-0.4, -0.2) is 28.4 Å². The summed E-state index contributed by atoms with van der Waals surface area (Å²) in [7, 11) is 0. The highest BCUT2D eigenvalue weighted by atomic mass is 32.2. The Labute approximate surface area is 131 Å². The van der Waals surface area contributed by atoms with Crippen molar-refractivity contribution < 1.29 is 4.79 Å². The lowest BCUT2D eigenvalue weighted by Gasteiger charge is -2.01. The third-order valence-electron chi connectivity index (χ3n) is 2.41. The number of thioether (sulfide) groups is 1. The fourth-order valence-electron chi connectivity index (χ4n) is 1.44. The smallest absolute Gasteiger partial charge is 0.231 e. The molecule has 1 heterocycles. The Morgan fingerprint density at radius 2 is 2.14 bits per heavy atom. The summed E-state index contributed by atoms with van der Waals surface area (Å²) in [4.78, 5) is 11.4. The van der Waals surface area contributed by atoms with Crippen LogP contribution in [-0.2, 0) is 11.3 Å². The predicted octanol–water partition coefficient (Wildman–Crippen LogP) is 1.99. The zero-order valence-corrected chi connectivity index (χ0v) is 12.8. The van der Waals surface area contributed by atoms with Crippen LogP contribution in [0, 0.1) is 12.3 Å². The number of carbonyl (C=O) groups is 1. The normalized spacial score (nSPS) is 9.86. The van der Waals surface area contributed by atoms with Gasteiger partial charge in [0.25, 0.3) is 0 Å². The Kier molecular flexibility index (Phi) is 6.06. The van der Waals surface area contributed by atoms with E-state index in [0.717, 1.165) is 9.47 Å². The van der Waals surface area contributed by atoms with Crippen molar-refractivity contribution in [1.82, 2.24) is 15.5 Å². The quantitative estimate of drug-likeness (QED) is 0.604. The molecule has 5 nitrogen and oxygen atoms in total. The summed E-state index contributed by atoms with van der Waals surface area (Å²) < 4.78 is 0.751. The Hall–Kier alpha value is -2.04. The number of benzene rings is 1. The lowest BCUT2D eigenvalue weighted by Crippen LogP contribution is -2.25. The van der Waals surface area contributed by atoms with E-state index >= 15 is 0 Å². The molecule has 2 rings (SSSR count). The Bertz CT molecular complexity index is 621. The van der Waals surface area contributed by atoms with Crippen LogP contribution < -0.4 is 10.6 Å². The van der Waals surface area contributed by atoms with E-state index in [1.165, 1.54) is 28.7 Å². The summed E-state index contributed by atoms with van der Waals surface area (Å²) in [6.07, 6.45) is 5.07. The molecule has 2 aromatic rings. The van der Waals surface area contributed by atoms with E-state index in [0.29, 0.717) is 6.54 Å². The van der Waals surface area contributed by atoms with E-state index in [2.05, 4.69) is 26.8 Å². The maximum Gasteiger partial charge on any atom is 0.231 e. The SMILES string of the molecule is C#CCNC(=O)CSc1nnc(NCc2ccccc2)s1. The van der Waals surface area contributed by atoms with Crippen molar-refractivity contribution in [3.8, 4) is 12.3 Å². The van der Waals surface area contributed by atoms with E-state index < -0.39 is 0 Å². The minimum atomic E-state index is -0.105. The molecule has 108 valence electrons. The average Bonchev–Trinajstić information content (AvgIpc) is 2.98. The average molecular weight is 318 g/mol. The second-order valence-corrected chi connectivity index (χ2v) is 6.18. The monoisotopic (exact) mass is 318 g/mol. The number of aromatic nitrogens is 2. The molecule has 0 atom stereocenters. The van der Waals surface area contributed by atoms with Crippen molar-refractivity contribution in [2.24, 2.45) is 0 Å². The lowest BCUT2D eigenvalue weighted by atomic mass is 10.2. The summed E-state index contributed by atoms with van der Waals surface area (Å²) in [6.45, 7) is 0.947. The third kappa shape index (κ3) is 5.45. The number of terminal acetylenes is 1. The van der Waals surface area contributed by atoms with Gasteiger partial charge in [-0.1, -0.05) is 59.4 Å². The van der Waals surface area contributed by atoms with Crippen LogP contribution in [0.25, 0.3) is 0 Å². The van der Waals surface area contributed by atoms with E-state index in [1.54, 1.807) is 0 Å². The van der Waals surface area contributed by atoms with E-state index in [9.17, 15) is 4.79 Å². The molecule has 2 N–H and O–H groups in total. The maximum atomic E-state index is 11.4. The van der Waals surface area contributed by atoms with Gasteiger partial charge in [-0.25, -0.2) is 0 Å². The summed E-state index contributed by atoms with van der Waals surface area (Å²) in [6, 6.07) is 10.0. The van der Waals surface area contributed by atoms with Crippen LogP contribution >= 0.6 is 23.1 Å². The highest BCUT2D eigenvalue weighted by Gasteiger charge is 2.07. The van der Waals surface area contributed by atoms with E-state index in [1.807, 2.05) is 30.3 Å². The molecule has 1 aromatic carbocycles. The molecular weight excluding hydrogens is 304 g/mol. The third-order valence-corrected chi connectivity index (χ3v) is 4.42. The zero-order valence-electron chi connectivity index (χ0n) is 11.2. The first kappa shape index (κ1) is 15.4. The van der Waals surface area contributed by atoms with Gasteiger partial charge in [0.1, 0.15) is 0 Å². The van der Waals surface area contributed by atoms with Gasteiger partial charge in [0, 0.05) is 6.54 Å². The lowest BCUT2D eigenvalue weighted by molar-refractivity contribution is -0.118. The molecule has 0 radical (unpaired) electrons. The highest BCUT2D eigenvalue weighted by molar-refractivity contribution is 8.01. The predicted molar refractivity (Wildman–Crippen MR) is 86.2 cm³/mol. The number of amides is 1. The van der Waals surface area contributed by atoms with Crippen LogP contribution in [0.4, 0.5) is 5.13 Å². The Morgan fingerprint density at radius 3 is 2.90 bits per heavy atom. The van der Waals surface area contributed by atoms with Crippen molar-refractivity contribution in [1.29, 1.82) is 0 Å². The molecular formula is C14H14N4OS2. The molecule has 0 aliphatic heterocycles. The van der Waals surface area contributed by atoms with E-state index in [4.69, 9.17) is 6.42 Å². The van der Waals surface area contributed by atoms with Crippen LogP contribution in [0.1, 0.15) is 5.56 Å². The van der Waals surface area contributed by atoms with Crippen LogP contribution in [0.15, 0.2) is 34.7 Å². The van der Waals surface area contributed by atoms with Gasteiger partial charge in [0.15, 0.2) is 4.34 Å².